The minimum Gasteiger partial charge on any atom is -0.468 e. The number of sulfonamides is 1. The normalized spacial score (nSPS) is 16.5. The third-order valence-corrected chi connectivity index (χ3v) is 5.60. The van der Waals surface area contributed by atoms with Gasteiger partial charge in [-0.1, -0.05) is 18.0 Å². The quantitative estimate of drug-likeness (QED) is 0.710. The van der Waals surface area contributed by atoms with Gasteiger partial charge < -0.3 is 9.73 Å². The number of hydrogen-bond donors (Lipinski definition) is 2. The van der Waals surface area contributed by atoms with Crippen molar-refractivity contribution < 1.29 is 17.6 Å². The van der Waals surface area contributed by atoms with Gasteiger partial charge in [-0.15, -0.1) is 0 Å². The van der Waals surface area contributed by atoms with Crippen LogP contribution < -0.4 is 10.0 Å². The fourth-order valence-electron chi connectivity index (χ4n) is 3.36. The highest BCUT2D eigenvalue weighted by Gasteiger charge is 2.25. The van der Waals surface area contributed by atoms with E-state index in [-0.39, 0.29) is 22.7 Å². The summed E-state index contributed by atoms with van der Waals surface area (Å²) in [7, 11) is -3.50. The summed E-state index contributed by atoms with van der Waals surface area (Å²) in [5.41, 5.74) is 0.503. The maximum Gasteiger partial charge on any atom is 0.251 e. The molecule has 0 aliphatic carbocycles. The van der Waals surface area contributed by atoms with E-state index >= 15 is 0 Å². The average molecular weight is 426 g/mol. The van der Waals surface area contributed by atoms with Gasteiger partial charge in [-0.3, -0.25) is 14.4 Å². The first-order chi connectivity index (χ1) is 13.3. The van der Waals surface area contributed by atoms with Crippen molar-refractivity contribution in [1.29, 1.82) is 0 Å². The van der Waals surface area contributed by atoms with Gasteiger partial charge in [-0.2, -0.15) is 0 Å². The molecule has 0 bridgehead atoms. The zero-order valence-electron chi connectivity index (χ0n) is 15.7. The van der Waals surface area contributed by atoms with Crippen LogP contribution >= 0.6 is 11.6 Å². The van der Waals surface area contributed by atoms with E-state index in [1.54, 1.807) is 12.3 Å². The van der Waals surface area contributed by atoms with Crippen molar-refractivity contribution in [2.45, 2.75) is 25.3 Å². The molecule has 1 saturated heterocycles. The van der Waals surface area contributed by atoms with Crippen LogP contribution in [0.15, 0.2) is 41.0 Å². The summed E-state index contributed by atoms with van der Waals surface area (Å²) in [6.45, 7) is 2.32. The van der Waals surface area contributed by atoms with Crippen LogP contribution in [-0.2, 0) is 10.0 Å². The molecule has 1 aliphatic heterocycles. The Morgan fingerprint density at radius 1 is 1.25 bits per heavy atom. The van der Waals surface area contributed by atoms with Crippen LogP contribution in [0.5, 0.6) is 0 Å². The number of likely N-dealkylation sites (tertiary alicyclic amines) is 1. The summed E-state index contributed by atoms with van der Waals surface area (Å²) in [5.74, 6) is 0.513. The zero-order chi connectivity index (χ0) is 20.1. The van der Waals surface area contributed by atoms with Crippen LogP contribution in [0, 0.1) is 0 Å². The molecule has 9 heteroatoms. The Bertz CT molecular complexity index is 909. The predicted octanol–water partition coefficient (Wildman–Crippen LogP) is 3.26. The minimum absolute atomic E-state index is 0.0415. The Labute approximate surface area is 170 Å². The average Bonchev–Trinajstić information content (AvgIpc) is 3.18. The molecule has 2 heterocycles. The van der Waals surface area contributed by atoms with Crippen LogP contribution in [0.25, 0.3) is 0 Å². The van der Waals surface area contributed by atoms with Gasteiger partial charge in [0, 0.05) is 12.1 Å². The van der Waals surface area contributed by atoms with Crippen LogP contribution in [0.2, 0.25) is 5.02 Å². The number of benzene rings is 1. The first kappa shape index (κ1) is 20.7. The van der Waals surface area contributed by atoms with E-state index in [1.807, 2.05) is 12.1 Å². The van der Waals surface area contributed by atoms with E-state index in [2.05, 4.69) is 14.9 Å². The maximum absolute atomic E-state index is 12.7. The number of amides is 1. The monoisotopic (exact) mass is 425 g/mol. The number of halogens is 1. The van der Waals surface area contributed by atoms with Gasteiger partial charge in [0.05, 0.1) is 29.3 Å². The molecule has 1 fully saturated rings. The Hall–Kier alpha value is -2.03. The molecule has 1 aromatic heterocycles. The smallest absolute Gasteiger partial charge is 0.251 e. The lowest BCUT2D eigenvalue weighted by molar-refractivity contribution is 0.0914. The van der Waals surface area contributed by atoms with Gasteiger partial charge in [0.2, 0.25) is 10.0 Å². The summed E-state index contributed by atoms with van der Waals surface area (Å²) < 4.78 is 30.8. The first-order valence-electron chi connectivity index (χ1n) is 9.16. The molecule has 1 atom stereocenters. The second-order valence-electron chi connectivity index (χ2n) is 6.91. The fraction of sp³-hybridized carbons (Fsp3) is 0.421. The van der Waals surface area contributed by atoms with E-state index in [4.69, 9.17) is 16.0 Å². The van der Waals surface area contributed by atoms with E-state index < -0.39 is 10.0 Å². The Morgan fingerprint density at radius 2 is 2.00 bits per heavy atom. The molecule has 2 N–H and O–H groups in total. The molecule has 2 aromatic rings. The molecule has 3 rings (SSSR count). The van der Waals surface area contributed by atoms with Crippen LogP contribution in [-0.4, -0.2) is 45.1 Å². The lowest BCUT2D eigenvalue weighted by Crippen LogP contribution is -2.40. The number of anilines is 1. The molecular formula is C19H24ClN3O4S. The topological polar surface area (TPSA) is 91.6 Å². The Kier molecular flexibility index (Phi) is 6.64. The zero-order valence-corrected chi connectivity index (χ0v) is 17.2. The molecule has 152 valence electrons. The minimum atomic E-state index is -3.50. The van der Waals surface area contributed by atoms with Crippen molar-refractivity contribution in [3.05, 3.63) is 52.9 Å². The number of nitrogens with zero attached hydrogens (tertiary/aromatic N) is 1. The summed E-state index contributed by atoms with van der Waals surface area (Å²) in [4.78, 5) is 15.0. The highest BCUT2D eigenvalue weighted by molar-refractivity contribution is 7.92. The summed E-state index contributed by atoms with van der Waals surface area (Å²) >= 11 is 6.03. The molecule has 7 nitrogen and oxygen atoms in total. The fourth-order valence-corrected chi connectivity index (χ4v) is 4.15. The number of rotatable bonds is 7. The summed E-state index contributed by atoms with van der Waals surface area (Å²) in [5, 5.41) is 3.16. The molecule has 1 aliphatic rings. The van der Waals surface area contributed by atoms with Gasteiger partial charge in [0.1, 0.15) is 5.76 Å². The summed E-state index contributed by atoms with van der Waals surface area (Å²) in [6.07, 6.45) is 6.14. The number of furan rings is 1. The molecule has 0 saturated carbocycles. The van der Waals surface area contributed by atoms with E-state index in [0.29, 0.717) is 12.1 Å². The second kappa shape index (κ2) is 8.98. The highest BCUT2D eigenvalue weighted by Crippen LogP contribution is 2.26. The van der Waals surface area contributed by atoms with Crippen molar-refractivity contribution in [2.24, 2.45) is 0 Å². The number of nitrogens with one attached hydrogen (secondary N) is 2. The number of carbonyl (C=O) groups is 1. The van der Waals surface area contributed by atoms with Gasteiger partial charge in [0.25, 0.3) is 5.91 Å². The van der Waals surface area contributed by atoms with Crippen molar-refractivity contribution in [3.63, 3.8) is 0 Å². The predicted molar refractivity (Wildman–Crippen MR) is 109 cm³/mol. The maximum atomic E-state index is 12.7. The van der Waals surface area contributed by atoms with Crippen molar-refractivity contribution >= 4 is 33.2 Å². The molecule has 28 heavy (non-hydrogen) atoms. The van der Waals surface area contributed by atoms with Crippen LogP contribution in [0.3, 0.4) is 0 Å². The molecule has 1 aromatic carbocycles. The Balaban J connectivity index is 1.71. The second-order valence-corrected chi connectivity index (χ2v) is 9.06. The standard InChI is InChI=1S/C19H24ClN3O4S/c1-28(25,26)22-16-12-14(7-8-15(16)20)19(24)21-13-17(18-6-5-11-27-18)23-9-3-2-4-10-23/h5-8,11-12,17,22H,2-4,9-10,13H2,1H3,(H,21,24). The lowest BCUT2D eigenvalue weighted by atomic mass is 10.1. The van der Waals surface area contributed by atoms with Crippen molar-refractivity contribution in [3.8, 4) is 0 Å². The number of hydrogen-bond acceptors (Lipinski definition) is 5. The van der Waals surface area contributed by atoms with Crippen molar-refractivity contribution in [1.82, 2.24) is 10.2 Å². The molecule has 0 radical (unpaired) electrons. The van der Waals surface area contributed by atoms with E-state index in [0.717, 1.165) is 37.9 Å². The van der Waals surface area contributed by atoms with Crippen LogP contribution in [0.1, 0.15) is 41.4 Å². The molecule has 1 amide bonds. The van der Waals surface area contributed by atoms with Crippen molar-refractivity contribution in [2.75, 3.05) is 30.6 Å². The SMILES string of the molecule is CS(=O)(=O)Nc1cc(C(=O)NCC(c2ccco2)N2CCCCC2)ccc1Cl. The Morgan fingerprint density at radius 3 is 2.64 bits per heavy atom. The van der Waals surface area contributed by atoms with Gasteiger partial charge >= 0.3 is 0 Å². The molecule has 0 spiro atoms. The first-order valence-corrected chi connectivity index (χ1v) is 11.4. The van der Waals surface area contributed by atoms with E-state index in [1.165, 1.54) is 18.6 Å². The third kappa shape index (κ3) is 5.50. The molecular weight excluding hydrogens is 402 g/mol. The lowest BCUT2D eigenvalue weighted by Gasteiger charge is -2.33. The number of piperidine rings is 1. The largest absolute Gasteiger partial charge is 0.468 e. The molecule has 1 unspecified atom stereocenters. The van der Waals surface area contributed by atoms with Gasteiger partial charge in [-0.25, -0.2) is 8.42 Å². The van der Waals surface area contributed by atoms with E-state index in [9.17, 15) is 13.2 Å². The van der Waals surface area contributed by atoms with Gasteiger partial charge in [-0.05, 0) is 56.3 Å². The number of carbonyl (C=O) groups excluding carboxylic acids is 1. The summed E-state index contributed by atoms with van der Waals surface area (Å²) in [6, 6.07) is 8.21. The van der Waals surface area contributed by atoms with Gasteiger partial charge in [0.15, 0.2) is 0 Å². The van der Waals surface area contributed by atoms with Crippen LogP contribution in [0.4, 0.5) is 5.69 Å². The third-order valence-electron chi connectivity index (χ3n) is 4.68. The highest BCUT2D eigenvalue weighted by atomic mass is 35.5.